The predicted molar refractivity (Wildman–Crippen MR) is 115 cm³/mol. The maximum atomic E-state index is 13.0. The molecule has 0 bridgehead atoms. The van der Waals surface area contributed by atoms with E-state index < -0.39 is 39.1 Å². The lowest BCUT2D eigenvalue weighted by molar-refractivity contribution is -0.123. The molecule has 2 aromatic rings. The van der Waals surface area contributed by atoms with Crippen LogP contribution >= 0.6 is 0 Å². The molecule has 0 saturated carbocycles. The summed E-state index contributed by atoms with van der Waals surface area (Å²) in [6, 6.07) is 7.98. The van der Waals surface area contributed by atoms with Crippen LogP contribution in [0.5, 0.6) is 5.75 Å². The summed E-state index contributed by atoms with van der Waals surface area (Å²) < 4.78 is 28.4. The van der Waals surface area contributed by atoms with Gasteiger partial charge in [0.1, 0.15) is 11.3 Å². The van der Waals surface area contributed by atoms with E-state index in [0.29, 0.717) is 25.9 Å². The van der Waals surface area contributed by atoms with Gasteiger partial charge in [-0.3, -0.25) is 14.3 Å². The van der Waals surface area contributed by atoms with E-state index in [-0.39, 0.29) is 27.6 Å². The minimum Gasteiger partial charge on any atom is -0.507 e. The number of carbonyl (C=O) groups excluding carboxylic acids is 2. The number of nitrogens with one attached hydrogen (secondary N) is 1. The fourth-order valence-corrected chi connectivity index (χ4v) is 4.96. The Morgan fingerprint density at radius 1 is 1.09 bits per heavy atom. The smallest absolute Gasteiger partial charge is 0.339 e. The standard InChI is InChI=1S/C21H23N3O7S/c1-12-10-17(25)15(21(28)29)11-18(12)32(30,31)23-16-5-3-2-4-14(16)20(27)24-8-6-13(7-9-24)19(22)26/h2-5,10-11,13,23,25H,6-9H2,1H3,(H2,22,26)(H,28,29). The number of nitrogens with zero attached hydrogens (tertiary/aromatic N) is 1. The van der Waals surface area contributed by atoms with Crippen LogP contribution in [0.4, 0.5) is 5.69 Å². The highest BCUT2D eigenvalue weighted by molar-refractivity contribution is 7.92. The zero-order valence-corrected chi connectivity index (χ0v) is 18.1. The first kappa shape index (κ1) is 23.1. The van der Waals surface area contributed by atoms with Crippen LogP contribution in [0.3, 0.4) is 0 Å². The Bertz CT molecular complexity index is 1190. The van der Waals surface area contributed by atoms with Crippen molar-refractivity contribution in [1.82, 2.24) is 4.90 Å². The van der Waals surface area contributed by atoms with Crippen molar-refractivity contribution in [2.24, 2.45) is 11.7 Å². The van der Waals surface area contributed by atoms with Crippen molar-refractivity contribution < 1.29 is 33.0 Å². The summed E-state index contributed by atoms with van der Waals surface area (Å²) in [5.74, 6) is -3.14. The van der Waals surface area contributed by atoms with E-state index >= 15 is 0 Å². The Kier molecular flexibility index (Phi) is 6.40. The van der Waals surface area contributed by atoms with Crippen LogP contribution in [-0.4, -0.2) is 54.4 Å². The molecule has 10 nitrogen and oxygen atoms in total. The van der Waals surface area contributed by atoms with E-state index in [4.69, 9.17) is 5.73 Å². The van der Waals surface area contributed by atoms with Crippen LogP contribution in [0, 0.1) is 12.8 Å². The van der Waals surface area contributed by atoms with E-state index in [1.165, 1.54) is 24.0 Å². The molecule has 170 valence electrons. The molecule has 1 fully saturated rings. The second kappa shape index (κ2) is 8.87. The van der Waals surface area contributed by atoms with Gasteiger partial charge in [0.2, 0.25) is 5.91 Å². The third-order valence-corrected chi connectivity index (χ3v) is 6.91. The lowest BCUT2D eigenvalue weighted by Crippen LogP contribution is -2.42. The number of carbonyl (C=O) groups is 3. The van der Waals surface area contributed by atoms with E-state index in [0.717, 1.165) is 12.1 Å². The molecule has 1 heterocycles. The zero-order chi connectivity index (χ0) is 23.6. The Morgan fingerprint density at radius 2 is 1.72 bits per heavy atom. The number of anilines is 1. The summed E-state index contributed by atoms with van der Waals surface area (Å²) in [5, 5.41) is 19.0. The summed E-state index contributed by atoms with van der Waals surface area (Å²) in [7, 11) is -4.28. The minimum atomic E-state index is -4.28. The van der Waals surface area contributed by atoms with Crippen molar-refractivity contribution in [2.75, 3.05) is 17.8 Å². The minimum absolute atomic E-state index is 0.0267. The first-order valence-corrected chi connectivity index (χ1v) is 11.3. The number of aryl methyl sites for hydroxylation is 1. The largest absolute Gasteiger partial charge is 0.507 e. The summed E-state index contributed by atoms with van der Waals surface area (Å²) in [6.07, 6.45) is 0.860. The van der Waals surface area contributed by atoms with Gasteiger partial charge >= 0.3 is 5.97 Å². The highest BCUT2D eigenvalue weighted by atomic mass is 32.2. The second-order valence-electron chi connectivity index (χ2n) is 7.56. The number of primary amides is 1. The van der Waals surface area contributed by atoms with Gasteiger partial charge in [-0.1, -0.05) is 12.1 Å². The Balaban J connectivity index is 1.90. The molecular weight excluding hydrogens is 438 g/mol. The van der Waals surface area contributed by atoms with Gasteiger partial charge in [-0.05, 0) is 49.6 Å². The summed E-state index contributed by atoms with van der Waals surface area (Å²) >= 11 is 0. The fraction of sp³-hybridized carbons (Fsp3) is 0.286. The molecule has 3 rings (SSSR count). The first-order valence-electron chi connectivity index (χ1n) is 9.78. The second-order valence-corrected chi connectivity index (χ2v) is 9.21. The molecule has 0 unspecified atom stereocenters. The highest BCUT2D eigenvalue weighted by Crippen LogP contribution is 2.29. The number of benzene rings is 2. The average Bonchev–Trinajstić information content (AvgIpc) is 2.73. The molecule has 32 heavy (non-hydrogen) atoms. The third-order valence-electron chi connectivity index (χ3n) is 5.40. The molecule has 1 saturated heterocycles. The molecule has 0 atom stereocenters. The van der Waals surface area contributed by atoms with Gasteiger partial charge in [0.05, 0.1) is 16.1 Å². The molecule has 2 aromatic carbocycles. The molecule has 1 aliphatic heterocycles. The van der Waals surface area contributed by atoms with Crippen LogP contribution in [0.25, 0.3) is 0 Å². The highest BCUT2D eigenvalue weighted by Gasteiger charge is 2.29. The maximum Gasteiger partial charge on any atom is 0.339 e. The lowest BCUT2D eigenvalue weighted by Gasteiger charge is -2.31. The van der Waals surface area contributed by atoms with Crippen molar-refractivity contribution in [3.63, 3.8) is 0 Å². The molecule has 11 heteroatoms. The molecule has 0 aromatic heterocycles. The molecule has 0 radical (unpaired) electrons. The molecule has 1 aliphatic rings. The van der Waals surface area contributed by atoms with Crippen molar-refractivity contribution in [3.05, 3.63) is 53.1 Å². The number of aromatic carboxylic acids is 1. The van der Waals surface area contributed by atoms with Crippen LogP contribution in [0.15, 0.2) is 41.3 Å². The van der Waals surface area contributed by atoms with Gasteiger partial charge < -0.3 is 20.8 Å². The van der Waals surface area contributed by atoms with Gasteiger partial charge in [0.25, 0.3) is 15.9 Å². The lowest BCUT2D eigenvalue weighted by atomic mass is 9.96. The number of aromatic hydroxyl groups is 1. The molecular formula is C21H23N3O7S. The Morgan fingerprint density at radius 3 is 2.31 bits per heavy atom. The van der Waals surface area contributed by atoms with Gasteiger partial charge in [-0.2, -0.15) is 0 Å². The predicted octanol–water partition coefficient (Wildman–Crippen LogP) is 1.54. The van der Waals surface area contributed by atoms with Crippen molar-refractivity contribution in [2.45, 2.75) is 24.7 Å². The number of likely N-dealkylation sites (tertiary alicyclic amines) is 1. The zero-order valence-electron chi connectivity index (χ0n) is 17.2. The molecule has 0 spiro atoms. The maximum absolute atomic E-state index is 13.0. The number of nitrogens with two attached hydrogens (primary N) is 1. The topological polar surface area (TPSA) is 167 Å². The van der Waals surface area contributed by atoms with Crippen molar-refractivity contribution >= 4 is 33.5 Å². The summed E-state index contributed by atoms with van der Waals surface area (Å²) in [5.41, 5.74) is 5.05. The van der Waals surface area contributed by atoms with E-state index in [2.05, 4.69) is 4.72 Å². The van der Waals surface area contributed by atoms with Crippen LogP contribution < -0.4 is 10.5 Å². The molecule has 2 amide bonds. The van der Waals surface area contributed by atoms with Gasteiger partial charge in [0, 0.05) is 19.0 Å². The quantitative estimate of drug-likeness (QED) is 0.506. The molecule has 0 aliphatic carbocycles. The van der Waals surface area contributed by atoms with Crippen LogP contribution in [0.2, 0.25) is 0 Å². The first-order chi connectivity index (χ1) is 15.0. The number of carboxylic acids is 1. The van der Waals surface area contributed by atoms with E-state index in [1.54, 1.807) is 12.1 Å². The SMILES string of the molecule is Cc1cc(O)c(C(=O)O)cc1S(=O)(=O)Nc1ccccc1C(=O)N1CCC(C(N)=O)CC1. The number of piperidine rings is 1. The van der Waals surface area contributed by atoms with Crippen molar-refractivity contribution in [1.29, 1.82) is 0 Å². The summed E-state index contributed by atoms with van der Waals surface area (Å²) in [4.78, 5) is 36.9. The Labute approximate surface area is 184 Å². The number of amides is 2. The number of carboxylic acid groups (broad SMARTS) is 1. The number of phenols is 1. The number of sulfonamides is 1. The van der Waals surface area contributed by atoms with Gasteiger partial charge in [-0.15, -0.1) is 0 Å². The van der Waals surface area contributed by atoms with Gasteiger partial charge in [0.15, 0.2) is 0 Å². The van der Waals surface area contributed by atoms with Crippen molar-refractivity contribution in [3.8, 4) is 5.75 Å². The monoisotopic (exact) mass is 461 g/mol. The van der Waals surface area contributed by atoms with E-state index in [9.17, 15) is 33.0 Å². The number of para-hydroxylation sites is 1. The number of hydrogen-bond donors (Lipinski definition) is 4. The molecule has 5 N–H and O–H groups in total. The van der Waals surface area contributed by atoms with Crippen LogP contribution in [0.1, 0.15) is 39.1 Å². The number of rotatable bonds is 6. The number of hydrogen-bond acceptors (Lipinski definition) is 6. The summed E-state index contributed by atoms with van der Waals surface area (Å²) in [6.45, 7) is 2.04. The van der Waals surface area contributed by atoms with E-state index in [1.807, 2.05) is 0 Å². The Hall–Kier alpha value is -3.60. The van der Waals surface area contributed by atoms with Crippen LogP contribution in [-0.2, 0) is 14.8 Å². The normalized spacial score (nSPS) is 14.7. The third kappa shape index (κ3) is 4.67. The average molecular weight is 461 g/mol. The van der Waals surface area contributed by atoms with Gasteiger partial charge in [-0.25, -0.2) is 13.2 Å². The fourth-order valence-electron chi connectivity index (χ4n) is 3.63.